The molecule has 5 rings (SSSR count). The fraction of sp³-hybridized carbons (Fsp3) is 0.0606. The lowest BCUT2D eigenvalue weighted by molar-refractivity contribution is -0.117. The highest BCUT2D eigenvalue weighted by Gasteiger charge is 2.15. The Labute approximate surface area is 227 Å². The van der Waals surface area contributed by atoms with Crippen LogP contribution in [0.4, 0.5) is 5.69 Å². The second kappa shape index (κ2) is 11.4. The average molecular weight is 513 g/mol. The molecule has 0 unspecified atom stereocenters. The number of hydrogen-bond acceptors (Lipinski definition) is 4. The van der Waals surface area contributed by atoms with Crippen molar-refractivity contribution in [3.63, 3.8) is 0 Å². The topological polar surface area (TPSA) is 73.8 Å². The van der Waals surface area contributed by atoms with Gasteiger partial charge in [0.05, 0.1) is 6.21 Å². The van der Waals surface area contributed by atoms with E-state index in [9.17, 15) is 9.59 Å². The van der Waals surface area contributed by atoms with Gasteiger partial charge in [-0.3, -0.25) is 9.59 Å². The van der Waals surface area contributed by atoms with E-state index in [1.807, 2.05) is 85.7 Å². The van der Waals surface area contributed by atoms with Gasteiger partial charge < -0.3 is 10.2 Å². The monoisotopic (exact) mass is 512 g/mol. The molecule has 0 fully saturated rings. The predicted octanol–water partition coefficient (Wildman–Crippen LogP) is 5.98. The van der Waals surface area contributed by atoms with Gasteiger partial charge in [-0.2, -0.15) is 5.10 Å². The zero-order valence-corrected chi connectivity index (χ0v) is 21.8. The zero-order valence-electron chi connectivity index (χ0n) is 21.8. The normalized spacial score (nSPS) is 11.6. The molecule has 5 aromatic rings. The van der Waals surface area contributed by atoms with Gasteiger partial charge >= 0.3 is 0 Å². The van der Waals surface area contributed by atoms with E-state index in [-0.39, 0.29) is 11.6 Å². The summed E-state index contributed by atoms with van der Waals surface area (Å²) in [6, 6.07) is 34.7. The first-order valence-electron chi connectivity index (χ1n) is 12.6. The van der Waals surface area contributed by atoms with E-state index < -0.39 is 5.91 Å². The highest BCUT2D eigenvalue weighted by Crippen LogP contribution is 2.27. The summed E-state index contributed by atoms with van der Waals surface area (Å²) in [6.45, 7) is 0. The fourth-order valence-electron chi connectivity index (χ4n) is 4.38. The molecule has 0 spiro atoms. The van der Waals surface area contributed by atoms with Crippen molar-refractivity contribution in [1.82, 2.24) is 10.7 Å². The van der Waals surface area contributed by atoms with Crippen LogP contribution in [-0.2, 0) is 4.79 Å². The van der Waals surface area contributed by atoms with Gasteiger partial charge in [-0.1, -0.05) is 78.9 Å². The molecule has 0 radical (unpaired) electrons. The van der Waals surface area contributed by atoms with Gasteiger partial charge in [-0.05, 0) is 63.5 Å². The molecule has 0 aliphatic carbocycles. The lowest BCUT2D eigenvalue weighted by Gasteiger charge is -2.13. The summed E-state index contributed by atoms with van der Waals surface area (Å²) in [5, 5.41) is 11.3. The van der Waals surface area contributed by atoms with E-state index in [0.29, 0.717) is 5.56 Å². The van der Waals surface area contributed by atoms with Crippen molar-refractivity contribution in [2.75, 3.05) is 19.0 Å². The van der Waals surface area contributed by atoms with Gasteiger partial charge in [0.25, 0.3) is 11.8 Å². The molecular weight excluding hydrogens is 484 g/mol. The maximum Gasteiger partial charge on any atom is 0.287 e. The molecule has 0 aliphatic rings. The standard InChI is InChI=1S/C33H28N4O2/c1-37(2)27-18-16-23(17-19-27)20-31(35-32(38)24-10-4-3-5-11-24)33(39)36-34-22-30-28-14-8-6-12-25(28)21-26-13-7-9-15-29(26)30/h3-22H,1-2H3,(H,35,38)(H,36,39)/b31-20+,34-22-. The Bertz CT molecular complexity index is 1650. The number of anilines is 1. The van der Waals surface area contributed by atoms with Crippen molar-refractivity contribution in [2.24, 2.45) is 5.10 Å². The minimum absolute atomic E-state index is 0.0846. The lowest BCUT2D eigenvalue weighted by atomic mass is 9.97. The molecule has 0 saturated carbocycles. The SMILES string of the molecule is CN(C)c1ccc(/C=C(/NC(=O)c2ccccc2)C(=O)N/N=C\c2c3ccccc3cc3ccccc23)cc1. The maximum atomic E-state index is 13.3. The highest BCUT2D eigenvalue weighted by molar-refractivity contribution is 6.13. The molecule has 6 heteroatoms. The molecule has 0 aliphatic heterocycles. The third-order valence-electron chi connectivity index (χ3n) is 6.42. The Hall–Kier alpha value is -5.23. The van der Waals surface area contributed by atoms with Crippen LogP contribution in [0.1, 0.15) is 21.5 Å². The Kier molecular flexibility index (Phi) is 7.46. The van der Waals surface area contributed by atoms with Crippen LogP contribution in [0.2, 0.25) is 0 Å². The first-order valence-corrected chi connectivity index (χ1v) is 12.6. The Morgan fingerprint density at radius 2 is 1.33 bits per heavy atom. The van der Waals surface area contributed by atoms with Gasteiger partial charge in [-0.25, -0.2) is 5.43 Å². The number of hydrazone groups is 1. The quantitative estimate of drug-likeness (QED) is 0.122. The number of amides is 2. The molecule has 0 heterocycles. The van der Waals surface area contributed by atoms with Crippen LogP contribution < -0.4 is 15.6 Å². The Morgan fingerprint density at radius 1 is 0.744 bits per heavy atom. The molecule has 39 heavy (non-hydrogen) atoms. The number of carbonyl (C=O) groups excluding carboxylic acids is 2. The van der Waals surface area contributed by atoms with Crippen LogP contribution in [0.25, 0.3) is 27.6 Å². The summed E-state index contributed by atoms with van der Waals surface area (Å²) in [6.07, 6.45) is 3.30. The van der Waals surface area contributed by atoms with Gasteiger partial charge in [0, 0.05) is 30.9 Å². The molecular formula is C33H28N4O2. The van der Waals surface area contributed by atoms with E-state index in [4.69, 9.17) is 0 Å². The third-order valence-corrected chi connectivity index (χ3v) is 6.42. The minimum Gasteiger partial charge on any atom is -0.378 e. The van der Waals surface area contributed by atoms with Crippen molar-refractivity contribution in [3.8, 4) is 0 Å². The molecule has 0 aromatic heterocycles. The summed E-state index contributed by atoms with van der Waals surface area (Å²) >= 11 is 0. The maximum absolute atomic E-state index is 13.3. The summed E-state index contributed by atoms with van der Waals surface area (Å²) in [5.74, 6) is -0.914. The van der Waals surface area contributed by atoms with E-state index in [1.165, 1.54) is 0 Å². The van der Waals surface area contributed by atoms with Crippen molar-refractivity contribution in [3.05, 3.63) is 132 Å². The smallest absolute Gasteiger partial charge is 0.287 e. The summed E-state index contributed by atoms with van der Waals surface area (Å²) in [4.78, 5) is 28.2. The predicted molar refractivity (Wildman–Crippen MR) is 160 cm³/mol. The fourth-order valence-corrected chi connectivity index (χ4v) is 4.38. The second-order valence-corrected chi connectivity index (χ2v) is 9.30. The third kappa shape index (κ3) is 5.86. The molecule has 0 saturated heterocycles. The van der Waals surface area contributed by atoms with Crippen LogP contribution in [-0.4, -0.2) is 32.1 Å². The number of nitrogens with zero attached hydrogens (tertiary/aromatic N) is 2. The van der Waals surface area contributed by atoms with E-state index in [2.05, 4.69) is 34.0 Å². The number of benzene rings is 5. The number of rotatable bonds is 7. The summed E-state index contributed by atoms with van der Waals surface area (Å²) in [7, 11) is 3.92. The van der Waals surface area contributed by atoms with E-state index in [0.717, 1.165) is 38.4 Å². The Balaban J connectivity index is 1.45. The van der Waals surface area contributed by atoms with Crippen molar-refractivity contribution >= 4 is 51.3 Å². The minimum atomic E-state index is -0.531. The number of nitrogens with one attached hydrogen (secondary N) is 2. The molecule has 0 bridgehead atoms. The van der Waals surface area contributed by atoms with E-state index in [1.54, 1.807) is 36.6 Å². The van der Waals surface area contributed by atoms with E-state index >= 15 is 0 Å². The second-order valence-electron chi connectivity index (χ2n) is 9.30. The van der Waals surface area contributed by atoms with Gasteiger partial charge in [-0.15, -0.1) is 0 Å². The number of carbonyl (C=O) groups is 2. The van der Waals surface area contributed by atoms with Gasteiger partial charge in [0.15, 0.2) is 0 Å². The Morgan fingerprint density at radius 3 is 1.95 bits per heavy atom. The number of hydrogen-bond donors (Lipinski definition) is 2. The lowest BCUT2D eigenvalue weighted by Crippen LogP contribution is -2.32. The molecule has 5 aromatic carbocycles. The summed E-state index contributed by atoms with van der Waals surface area (Å²) in [5.41, 5.74) is 5.84. The average Bonchev–Trinajstić information content (AvgIpc) is 2.97. The first-order chi connectivity index (χ1) is 19.0. The van der Waals surface area contributed by atoms with Crippen molar-refractivity contribution in [1.29, 1.82) is 0 Å². The zero-order chi connectivity index (χ0) is 27.2. The molecule has 192 valence electrons. The summed E-state index contributed by atoms with van der Waals surface area (Å²) < 4.78 is 0. The van der Waals surface area contributed by atoms with Crippen LogP contribution >= 0.6 is 0 Å². The highest BCUT2D eigenvalue weighted by atomic mass is 16.2. The molecule has 2 N–H and O–H groups in total. The van der Waals surface area contributed by atoms with Crippen LogP contribution in [0.5, 0.6) is 0 Å². The molecule has 2 amide bonds. The number of fused-ring (bicyclic) bond motifs is 2. The first kappa shape index (κ1) is 25.4. The van der Waals surface area contributed by atoms with Crippen molar-refractivity contribution in [2.45, 2.75) is 0 Å². The largest absolute Gasteiger partial charge is 0.378 e. The molecule has 6 nitrogen and oxygen atoms in total. The van der Waals surface area contributed by atoms with Crippen LogP contribution in [0, 0.1) is 0 Å². The van der Waals surface area contributed by atoms with Crippen LogP contribution in [0.3, 0.4) is 0 Å². The van der Waals surface area contributed by atoms with Crippen molar-refractivity contribution < 1.29 is 9.59 Å². The van der Waals surface area contributed by atoms with Gasteiger partial charge in [0.1, 0.15) is 5.70 Å². The van der Waals surface area contributed by atoms with Crippen LogP contribution in [0.15, 0.2) is 120 Å². The van der Waals surface area contributed by atoms with Gasteiger partial charge in [0.2, 0.25) is 0 Å². The molecule has 0 atom stereocenters.